The van der Waals surface area contributed by atoms with Crippen molar-refractivity contribution in [2.75, 3.05) is 26.4 Å². The van der Waals surface area contributed by atoms with Crippen molar-refractivity contribution < 1.29 is 14.3 Å². The average Bonchev–Trinajstić information content (AvgIpc) is 3.01. The van der Waals surface area contributed by atoms with Gasteiger partial charge < -0.3 is 14.4 Å². The van der Waals surface area contributed by atoms with Crippen molar-refractivity contribution in [3.8, 4) is 5.75 Å². The molecule has 0 spiro atoms. The second-order valence-corrected chi connectivity index (χ2v) is 6.21. The summed E-state index contributed by atoms with van der Waals surface area (Å²) in [5, 5.41) is 4.35. The molecule has 1 amide bonds. The molecule has 6 nitrogen and oxygen atoms in total. The summed E-state index contributed by atoms with van der Waals surface area (Å²) in [7, 11) is 1.92. The first-order chi connectivity index (χ1) is 12.2. The number of hydrogen-bond donors (Lipinski definition) is 0. The highest BCUT2D eigenvalue weighted by molar-refractivity contribution is 5.76. The number of ether oxygens (including phenoxy) is 2. The van der Waals surface area contributed by atoms with Crippen LogP contribution in [-0.2, 0) is 23.1 Å². The maximum absolute atomic E-state index is 12.6. The molecule has 0 unspecified atom stereocenters. The number of fused-ring (bicyclic) bond motifs is 1. The number of aromatic nitrogens is 2. The van der Waals surface area contributed by atoms with Gasteiger partial charge in [-0.1, -0.05) is 18.2 Å². The van der Waals surface area contributed by atoms with Crippen LogP contribution in [0.15, 0.2) is 36.5 Å². The molecule has 0 saturated carbocycles. The zero-order valence-corrected chi connectivity index (χ0v) is 14.9. The van der Waals surface area contributed by atoms with Gasteiger partial charge in [-0.2, -0.15) is 5.10 Å². The van der Waals surface area contributed by atoms with Crippen LogP contribution in [0.1, 0.15) is 30.5 Å². The number of rotatable bonds is 7. The van der Waals surface area contributed by atoms with Crippen molar-refractivity contribution >= 4 is 5.91 Å². The molecule has 1 aliphatic rings. The Hall–Kier alpha value is -2.34. The molecule has 1 aromatic heterocycles. The zero-order chi connectivity index (χ0) is 17.6. The van der Waals surface area contributed by atoms with Crippen LogP contribution in [-0.4, -0.2) is 47.0 Å². The smallest absolute Gasteiger partial charge is 0.226 e. The largest absolute Gasteiger partial charge is 0.493 e. The van der Waals surface area contributed by atoms with Crippen LogP contribution < -0.4 is 4.74 Å². The fourth-order valence-corrected chi connectivity index (χ4v) is 3.15. The fourth-order valence-electron chi connectivity index (χ4n) is 3.15. The lowest BCUT2D eigenvalue weighted by molar-refractivity contribution is -0.133. The topological polar surface area (TPSA) is 56.6 Å². The Kier molecular flexibility index (Phi) is 5.71. The van der Waals surface area contributed by atoms with E-state index in [1.807, 2.05) is 60.1 Å². The maximum Gasteiger partial charge on any atom is 0.226 e. The lowest BCUT2D eigenvalue weighted by atomic mass is 9.95. The monoisotopic (exact) mass is 343 g/mol. The van der Waals surface area contributed by atoms with E-state index in [2.05, 4.69) is 5.10 Å². The van der Waals surface area contributed by atoms with Gasteiger partial charge >= 0.3 is 0 Å². The molecule has 134 valence electrons. The highest BCUT2D eigenvalue weighted by Gasteiger charge is 2.30. The van der Waals surface area contributed by atoms with Crippen LogP contribution in [0, 0.1) is 0 Å². The summed E-state index contributed by atoms with van der Waals surface area (Å²) in [4.78, 5) is 14.5. The number of hydrogen-bond acceptors (Lipinski definition) is 4. The summed E-state index contributed by atoms with van der Waals surface area (Å²) < 4.78 is 13.1. The van der Waals surface area contributed by atoms with Crippen LogP contribution in [0.4, 0.5) is 0 Å². The number of benzene rings is 1. The van der Waals surface area contributed by atoms with Gasteiger partial charge in [0.25, 0.3) is 0 Å². The number of carbonyl (C=O) groups excluding carboxylic acids is 1. The minimum atomic E-state index is 0.101. The normalized spacial score (nSPS) is 16.6. The third kappa shape index (κ3) is 4.20. The predicted octanol–water partition coefficient (Wildman–Crippen LogP) is 2.35. The van der Waals surface area contributed by atoms with E-state index in [1.54, 1.807) is 0 Å². The summed E-state index contributed by atoms with van der Waals surface area (Å²) >= 11 is 0. The lowest BCUT2D eigenvalue weighted by Gasteiger charge is -2.33. The van der Waals surface area contributed by atoms with Crippen molar-refractivity contribution in [1.29, 1.82) is 0 Å². The van der Waals surface area contributed by atoms with Gasteiger partial charge in [-0.15, -0.1) is 0 Å². The molecule has 0 saturated heterocycles. The van der Waals surface area contributed by atoms with Gasteiger partial charge in [-0.25, -0.2) is 0 Å². The molecule has 0 N–H and O–H groups in total. The molecular formula is C19H25N3O3. The van der Waals surface area contributed by atoms with Gasteiger partial charge in [0.1, 0.15) is 5.75 Å². The number of aryl methyl sites for hydroxylation is 1. The number of amides is 1. The first-order valence-corrected chi connectivity index (χ1v) is 8.73. The highest BCUT2D eigenvalue weighted by atomic mass is 16.5. The Balaban J connectivity index is 1.60. The van der Waals surface area contributed by atoms with Crippen LogP contribution in [0.2, 0.25) is 0 Å². The van der Waals surface area contributed by atoms with Gasteiger partial charge in [0.05, 0.1) is 38.1 Å². The summed E-state index contributed by atoms with van der Waals surface area (Å²) in [6.07, 6.45) is 2.27. The summed E-state index contributed by atoms with van der Waals surface area (Å²) in [6.45, 7) is 4.91. The van der Waals surface area contributed by atoms with E-state index in [4.69, 9.17) is 9.47 Å². The second-order valence-electron chi connectivity index (χ2n) is 6.21. The van der Waals surface area contributed by atoms with Crippen molar-refractivity contribution in [3.63, 3.8) is 0 Å². The van der Waals surface area contributed by atoms with E-state index in [-0.39, 0.29) is 11.8 Å². The van der Waals surface area contributed by atoms with E-state index >= 15 is 0 Å². The first-order valence-electron chi connectivity index (χ1n) is 8.73. The maximum atomic E-state index is 12.6. The van der Waals surface area contributed by atoms with Crippen molar-refractivity contribution in [3.05, 3.63) is 47.8 Å². The van der Waals surface area contributed by atoms with E-state index < -0.39 is 0 Å². The van der Waals surface area contributed by atoms with Crippen LogP contribution in [0.5, 0.6) is 5.75 Å². The number of para-hydroxylation sites is 1. The summed E-state index contributed by atoms with van der Waals surface area (Å²) in [6, 6.07) is 9.57. The Bertz CT molecular complexity index is 699. The Morgan fingerprint density at radius 2 is 2.12 bits per heavy atom. The van der Waals surface area contributed by atoms with Crippen LogP contribution in [0.3, 0.4) is 0 Å². The molecule has 0 aliphatic carbocycles. The molecule has 2 heterocycles. The fraction of sp³-hybridized carbons (Fsp3) is 0.474. The predicted molar refractivity (Wildman–Crippen MR) is 94.4 cm³/mol. The molecule has 2 aromatic rings. The van der Waals surface area contributed by atoms with E-state index in [9.17, 15) is 4.79 Å². The third-order valence-electron chi connectivity index (χ3n) is 4.52. The highest BCUT2D eigenvalue weighted by Crippen LogP contribution is 2.28. The van der Waals surface area contributed by atoms with Crippen molar-refractivity contribution in [2.45, 2.75) is 25.8 Å². The average molecular weight is 343 g/mol. The van der Waals surface area contributed by atoms with Gasteiger partial charge in [-0.05, 0) is 19.1 Å². The zero-order valence-electron chi connectivity index (χ0n) is 14.9. The van der Waals surface area contributed by atoms with Gasteiger partial charge in [0, 0.05) is 31.7 Å². The van der Waals surface area contributed by atoms with Crippen molar-refractivity contribution in [1.82, 2.24) is 14.7 Å². The standard InChI is InChI=1S/C19H25N3O3/c1-3-24-14-15-12-22(13-18-17(15)11-20-21(18)2)19(23)9-10-25-16-7-5-4-6-8-16/h4-8,11,15H,3,9-10,12-14H2,1-2H3/t15-/m1/s1. The minimum Gasteiger partial charge on any atom is -0.493 e. The van der Waals surface area contributed by atoms with E-state index in [0.717, 1.165) is 11.4 Å². The Morgan fingerprint density at radius 1 is 1.32 bits per heavy atom. The van der Waals surface area contributed by atoms with Gasteiger partial charge in [-0.3, -0.25) is 9.48 Å². The van der Waals surface area contributed by atoms with Crippen molar-refractivity contribution in [2.24, 2.45) is 7.05 Å². The van der Waals surface area contributed by atoms with E-state index in [0.29, 0.717) is 39.3 Å². The molecule has 0 bridgehead atoms. The number of nitrogens with zero attached hydrogens (tertiary/aromatic N) is 3. The minimum absolute atomic E-state index is 0.101. The molecular weight excluding hydrogens is 318 g/mol. The third-order valence-corrected chi connectivity index (χ3v) is 4.52. The SMILES string of the molecule is CCOC[C@H]1CN(C(=O)CCOc2ccccc2)Cc2c1cnn2C. The summed E-state index contributed by atoms with van der Waals surface area (Å²) in [5.41, 5.74) is 2.29. The molecule has 3 rings (SSSR count). The lowest BCUT2D eigenvalue weighted by Crippen LogP contribution is -2.40. The van der Waals surface area contributed by atoms with E-state index in [1.165, 1.54) is 5.56 Å². The number of carbonyl (C=O) groups is 1. The first kappa shape index (κ1) is 17.5. The summed E-state index contributed by atoms with van der Waals surface area (Å²) in [5.74, 6) is 1.07. The molecule has 6 heteroatoms. The molecule has 1 aliphatic heterocycles. The molecule has 0 radical (unpaired) electrons. The quantitative estimate of drug-likeness (QED) is 0.774. The van der Waals surface area contributed by atoms with Gasteiger partial charge in [0.2, 0.25) is 5.91 Å². The Labute approximate surface area is 148 Å². The second kappa shape index (κ2) is 8.16. The van der Waals surface area contributed by atoms with Gasteiger partial charge in [0.15, 0.2) is 0 Å². The molecule has 1 atom stereocenters. The van der Waals surface area contributed by atoms with Crippen LogP contribution >= 0.6 is 0 Å². The molecule has 1 aromatic carbocycles. The Morgan fingerprint density at radius 3 is 2.88 bits per heavy atom. The molecule has 0 fully saturated rings. The van der Waals surface area contributed by atoms with Crippen LogP contribution in [0.25, 0.3) is 0 Å². The molecule has 25 heavy (non-hydrogen) atoms.